The van der Waals surface area contributed by atoms with E-state index in [0.29, 0.717) is 31.3 Å². The molecule has 12 heteroatoms. The van der Waals surface area contributed by atoms with Crippen molar-refractivity contribution >= 4 is 17.6 Å². The lowest BCUT2D eigenvalue weighted by atomic mass is 9.91. The topological polar surface area (TPSA) is 97.1 Å². The Hall–Kier alpha value is -3.02. The van der Waals surface area contributed by atoms with E-state index in [-0.39, 0.29) is 23.6 Å². The minimum atomic E-state index is -4.65. The molecule has 1 saturated heterocycles. The van der Waals surface area contributed by atoms with Gasteiger partial charge in [-0.2, -0.15) is 18.2 Å². The predicted octanol–water partition coefficient (Wildman–Crippen LogP) is 4.67. The van der Waals surface area contributed by atoms with Crippen LogP contribution in [0.1, 0.15) is 48.9 Å². The molecule has 2 aromatic rings. The number of phenolic OH excluding ortho intramolecular Hbond substituents is 1. The first kappa shape index (κ1) is 24.7. The third kappa shape index (κ3) is 4.82. The predicted molar refractivity (Wildman–Crippen MR) is 120 cm³/mol. The molecule has 1 aromatic heterocycles. The normalized spacial score (nSPS) is 24.3. The summed E-state index contributed by atoms with van der Waals surface area (Å²) in [5.74, 6) is -2.21. The third-order valence-corrected chi connectivity index (χ3v) is 7.33. The van der Waals surface area contributed by atoms with Gasteiger partial charge in [0.1, 0.15) is 17.8 Å². The first-order valence-corrected chi connectivity index (χ1v) is 11.9. The number of alkyl halides is 3. The van der Waals surface area contributed by atoms with Crippen molar-refractivity contribution in [3.05, 3.63) is 29.4 Å². The van der Waals surface area contributed by atoms with E-state index in [1.165, 1.54) is 0 Å². The third-order valence-electron chi connectivity index (χ3n) is 7.33. The van der Waals surface area contributed by atoms with Crippen LogP contribution in [0.25, 0.3) is 0 Å². The van der Waals surface area contributed by atoms with Crippen LogP contribution in [-0.4, -0.2) is 54.1 Å². The molecule has 3 fully saturated rings. The molecule has 2 saturated carbocycles. The first-order chi connectivity index (χ1) is 17.0. The molecule has 0 bridgehead atoms. The second kappa shape index (κ2) is 8.82. The maximum absolute atomic E-state index is 14.7. The number of amides is 1. The molecule has 2 heterocycles. The van der Waals surface area contributed by atoms with Crippen molar-refractivity contribution in [1.82, 2.24) is 4.98 Å². The molecule has 3 aliphatic rings. The van der Waals surface area contributed by atoms with Crippen molar-refractivity contribution in [3.63, 3.8) is 0 Å². The van der Waals surface area contributed by atoms with E-state index in [9.17, 15) is 27.5 Å². The van der Waals surface area contributed by atoms with Gasteiger partial charge in [0.25, 0.3) is 11.9 Å². The number of halogens is 4. The van der Waals surface area contributed by atoms with E-state index >= 15 is 0 Å². The number of fused-ring (bicyclic) bond motifs is 1. The van der Waals surface area contributed by atoms with Gasteiger partial charge in [-0.25, -0.2) is 4.39 Å². The highest BCUT2D eigenvalue weighted by Crippen LogP contribution is 2.53. The largest absolute Gasteiger partial charge is 0.504 e. The van der Waals surface area contributed by atoms with Gasteiger partial charge in [-0.1, -0.05) is 6.92 Å². The summed E-state index contributed by atoms with van der Waals surface area (Å²) in [5.41, 5.74) is -1.19. The summed E-state index contributed by atoms with van der Waals surface area (Å²) in [6.45, 7) is 2.61. The van der Waals surface area contributed by atoms with Gasteiger partial charge in [-0.3, -0.25) is 4.79 Å². The van der Waals surface area contributed by atoms with Crippen LogP contribution in [-0.2, 0) is 11.2 Å². The maximum Gasteiger partial charge on any atom is 0.396 e. The standard InChI is InChI=1S/C24H27F4N3O5/c1-3-23(34-2)10-31(11-23)22-30-19(18(36-22)9-24(26,27)28)21(33)29-14-7-16(25)20(17(32)8-14)35-15-5-12-4-13(12)6-15/h7-8,12-13,15,32H,3-6,9-11H2,1-2H3,(H,29,33). The molecule has 2 atom stereocenters. The van der Waals surface area contributed by atoms with Gasteiger partial charge in [0, 0.05) is 24.9 Å². The lowest BCUT2D eigenvalue weighted by molar-refractivity contribution is -0.130. The number of hydrogen-bond donors (Lipinski definition) is 2. The minimum Gasteiger partial charge on any atom is -0.504 e. The smallest absolute Gasteiger partial charge is 0.396 e. The molecule has 1 aliphatic heterocycles. The number of benzene rings is 1. The summed E-state index contributed by atoms with van der Waals surface area (Å²) in [6.07, 6.45) is -2.89. The molecule has 2 N–H and O–H groups in total. The Bertz CT molecular complexity index is 1120. The number of hydrogen-bond acceptors (Lipinski definition) is 7. The highest BCUT2D eigenvalue weighted by atomic mass is 19.4. The van der Waals surface area contributed by atoms with Gasteiger partial charge < -0.3 is 29.2 Å². The molecule has 1 amide bonds. The maximum atomic E-state index is 14.7. The van der Waals surface area contributed by atoms with Crippen molar-refractivity contribution in [2.24, 2.45) is 11.8 Å². The fourth-order valence-corrected chi connectivity index (χ4v) is 5.12. The molecule has 0 radical (unpaired) electrons. The number of ether oxygens (including phenoxy) is 2. The number of carbonyl (C=O) groups is 1. The number of anilines is 2. The van der Waals surface area contributed by atoms with Crippen molar-refractivity contribution in [1.29, 1.82) is 0 Å². The van der Waals surface area contributed by atoms with Gasteiger partial charge in [0.2, 0.25) is 0 Å². The van der Waals surface area contributed by atoms with Crippen molar-refractivity contribution < 1.29 is 41.4 Å². The highest BCUT2D eigenvalue weighted by molar-refractivity contribution is 6.04. The van der Waals surface area contributed by atoms with Crippen molar-refractivity contribution in [3.8, 4) is 11.5 Å². The number of oxazole rings is 1. The van der Waals surface area contributed by atoms with E-state index < -0.39 is 47.1 Å². The highest BCUT2D eigenvalue weighted by Gasteiger charge is 2.47. The zero-order chi connectivity index (χ0) is 25.8. The lowest BCUT2D eigenvalue weighted by Crippen LogP contribution is -2.62. The van der Waals surface area contributed by atoms with E-state index in [1.807, 2.05) is 6.92 Å². The van der Waals surface area contributed by atoms with Crippen LogP contribution in [0.4, 0.5) is 29.3 Å². The summed E-state index contributed by atoms with van der Waals surface area (Å²) in [5, 5.41) is 12.6. The monoisotopic (exact) mass is 513 g/mol. The van der Waals surface area contributed by atoms with Gasteiger partial charge >= 0.3 is 6.18 Å². The second-order valence-electron chi connectivity index (χ2n) is 9.88. The Balaban J connectivity index is 1.32. The molecule has 5 rings (SSSR count). The SMILES string of the molecule is CCC1(OC)CN(c2nc(C(=O)Nc3cc(O)c(OC4CC5CC5C4)c(F)c3)c(CC(F)(F)F)o2)C1. The summed E-state index contributed by atoms with van der Waals surface area (Å²) in [6, 6.07) is 1.89. The number of methoxy groups -OCH3 is 1. The first-order valence-electron chi connectivity index (χ1n) is 11.9. The number of phenols is 1. The summed E-state index contributed by atoms with van der Waals surface area (Å²) >= 11 is 0. The molecular weight excluding hydrogens is 486 g/mol. The number of aromatic nitrogens is 1. The molecular formula is C24H27F4N3O5. The number of nitrogens with one attached hydrogen (secondary N) is 1. The second-order valence-corrected chi connectivity index (χ2v) is 9.88. The average molecular weight is 513 g/mol. The number of rotatable bonds is 8. The van der Waals surface area contributed by atoms with Crippen molar-refractivity contribution in [2.45, 2.75) is 56.9 Å². The Morgan fingerprint density at radius 1 is 1.28 bits per heavy atom. The Kier molecular flexibility index (Phi) is 6.05. The number of aromatic hydroxyl groups is 1. The van der Waals surface area contributed by atoms with Gasteiger partial charge in [-0.05, 0) is 37.5 Å². The molecule has 8 nitrogen and oxygen atoms in total. The Morgan fingerprint density at radius 2 is 1.97 bits per heavy atom. The molecule has 196 valence electrons. The zero-order valence-corrected chi connectivity index (χ0v) is 19.8. The molecule has 36 heavy (non-hydrogen) atoms. The molecule has 2 aliphatic carbocycles. The number of nitrogens with zero attached hydrogens (tertiary/aromatic N) is 2. The molecule has 0 spiro atoms. The van der Waals surface area contributed by atoms with E-state index in [2.05, 4.69) is 10.3 Å². The van der Waals surface area contributed by atoms with Crippen LogP contribution in [0, 0.1) is 17.7 Å². The Morgan fingerprint density at radius 3 is 2.56 bits per heavy atom. The van der Waals surface area contributed by atoms with Gasteiger partial charge in [0.05, 0.1) is 19.2 Å². The van der Waals surface area contributed by atoms with Crippen LogP contribution in [0.3, 0.4) is 0 Å². The molecule has 2 unspecified atom stereocenters. The van der Waals surface area contributed by atoms with E-state index in [1.54, 1.807) is 12.0 Å². The van der Waals surface area contributed by atoms with Crippen LogP contribution < -0.4 is 15.0 Å². The fourth-order valence-electron chi connectivity index (χ4n) is 5.12. The number of carbonyl (C=O) groups excluding carboxylic acids is 1. The van der Waals surface area contributed by atoms with Crippen LogP contribution >= 0.6 is 0 Å². The van der Waals surface area contributed by atoms with Crippen LogP contribution in [0.2, 0.25) is 0 Å². The molecule has 1 aromatic carbocycles. The quantitative estimate of drug-likeness (QED) is 0.495. The summed E-state index contributed by atoms with van der Waals surface area (Å²) in [4.78, 5) is 18.4. The van der Waals surface area contributed by atoms with E-state index in [4.69, 9.17) is 13.9 Å². The van der Waals surface area contributed by atoms with Gasteiger partial charge in [-0.15, -0.1) is 0 Å². The van der Waals surface area contributed by atoms with Crippen LogP contribution in [0.5, 0.6) is 11.5 Å². The minimum absolute atomic E-state index is 0.132. The average Bonchev–Trinajstić information content (AvgIpc) is 3.17. The lowest BCUT2D eigenvalue weighted by Gasteiger charge is -2.47. The van der Waals surface area contributed by atoms with Crippen molar-refractivity contribution in [2.75, 3.05) is 30.4 Å². The fraction of sp³-hybridized carbons (Fsp3) is 0.583. The summed E-state index contributed by atoms with van der Waals surface area (Å²) < 4.78 is 70.5. The van der Waals surface area contributed by atoms with E-state index in [0.717, 1.165) is 31.4 Å². The van der Waals surface area contributed by atoms with Gasteiger partial charge in [0.15, 0.2) is 23.0 Å². The summed E-state index contributed by atoms with van der Waals surface area (Å²) in [7, 11) is 1.55. The Labute approximate surface area is 204 Å². The zero-order valence-electron chi connectivity index (χ0n) is 19.8. The van der Waals surface area contributed by atoms with Crippen LogP contribution in [0.15, 0.2) is 16.5 Å².